The summed E-state index contributed by atoms with van der Waals surface area (Å²) in [5.74, 6) is -0.581. The Morgan fingerprint density at radius 1 is 1.28 bits per heavy atom. The van der Waals surface area contributed by atoms with Crippen LogP contribution >= 0.6 is 23.7 Å². The van der Waals surface area contributed by atoms with Crippen LogP contribution in [-0.2, 0) is 9.59 Å². The summed E-state index contributed by atoms with van der Waals surface area (Å²) in [7, 11) is 0. The lowest BCUT2D eigenvalue weighted by Gasteiger charge is -2.32. The molecule has 2 amide bonds. The van der Waals surface area contributed by atoms with Gasteiger partial charge in [0.25, 0.3) is 0 Å². The first-order valence-corrected chi connectivity index (χ1v) is 11.4. The zero-order chi connectivity index (χ0) is 22.9. The van der Waals surface area contributed by atoms with Gasteiger partial charge in [0.1, 0.15) is 6.04 Å². The Bertz CT molecular complexity index is 941. The summed E-state index contributed by atoms with van der Waals surface area (Å²) < 4.78 is 0. The molecule has 2 aromatic rings. The van der Waals surface area contributed by atoms with Crippen molar-refractivity contribution >= 4 is 35.6 Å². The Kier molecular flexibility index (Phi) is 8.44. The van der Waals surface area contributed by atoms with Crippen molar-refractivity contribution in [1.82, 2.24) is 15.2 Å². The quantitative estimate of drug-likeness (QED) is 0.609. The first-order valence-electron chi connectivity index (χ1n) is 10.5. The molecule has 32 heavy (non-hydrogen) atoms. The number of thiazole rings is 1. The van der Waals surface area contributed by atoms with Gasteiger partial charge < -0.3 is 21.1 Å². The topological polar surface area (TPSA) is 109 Å². The Balaban J connectivity index is 0.00000363. The second kappa shape index (κ2) is 10.3. The number of nitrogens with zero attached hydrogens (tertiary/aromatic N) is 2. The summed E-state index contributed by atoms with van der Waals surface area (Å²) in [4.78, 5) is 32.7. The average molecular weight is 481 g/mol. The summed E-state index contributed by atoms with van der Waals surface area (Å²) in [5, 5.41) is 13.1. The standard InChI is InChI=1S/C23H32N4O3S.ClH/c1-13(15-6-8-16(9-7-15)19-14(2)25-12-31-19)26-21(29)18-10-17(28)11-27(18)22(30)20(24)23(3,4)5;/h6-9,12-13,17-18,20,28H,10-11,24H2,1-5H3,(H,26,29);1H/t13-,17+,18-,20?;/m0./s1. The molecule has 2 heterocycles. The Morgan fingerprint density at radius 3 is 2.44 bits per heavy atom. The number of aryl methyl sites for hydroxylation is 1. The molecule has 7 nitrogen and oxygen atoms in total. The lowest BCUT2D eigenvalue weighted by atomic mass is 9.86. The second-order valence-corrected chi connectivity index (χ2v) is 10.2. The first kappa shape index (κ1) is 26.3. The van der Waals surface area contributed by atoms with E-state index < -0.39 is 23.6 Å². The highest BCUT2D eigenvalue weighted by molar-refractivity contribution is 7.13. The van der Waals surface area contributed by atoms with Gasteiger partial charge in [-0.25, -0.2) is 4.98 Å². The van der Waals surface area contributed by atoms with Crippen molar-refractivity contribution in [2.75, 3.05) is 6.54 Å². The molecular formula is C23H33ClN4O3S. The Morgan fingerprint density at radius 2 is 1.91 bits per heavy atom. The maximum absolute atomic E-state index is 13.0. The highest BCUT2D eigenvalue weighted by Gasteiger charge is 2.42. The van der Waals surface area contributed by atoms with Crippen LogP contribution in [-0.4, -0.2) is 51.5 Å². The first-order chi connectivity index (χ1) is 14.5. The number of nitrogens with one attached hydrogen (secondary N) is 1. The number of hydrogen-bond acceptors (Lipinski definition) is 6. The molecule has 0 spiro atoms. The third kappa shape index (κ3) is 5.67. The third-order valence-corrected chi connectivity index (χ3v) is 6.82. The monoisotopic (exact) mass is 480 g/mol. The van der Waals surface area contributed by atoms with E-state index in [2.05, 4.69) is 10.3 Å². The summed E-state index contributed by atoms with van der Waals surface area (Å²) in [6.07, 6.45) is -0.519. The van der Waals surface area contributed by atoms with Gasteiger partial charge >= 0.3 is 0 Å². The fourth-order valence-corrected chi connectivity index (χ4v) is 4.56. The number of carbonyl (C=O) groups is 2. The predicted molar refractivity (Wildman–Crippen MR) is 130 cm³/mol. The van der Waals surface area contributed by atoms with Crippen molar-refractivity contribution < 1.29 is 14.7 Å². The summed E-state index contributed by atoms with van der Waals surface area (Å²) in [6.45, 7) is 9.67. The number of nitrogens with two attached hydrogens (primary N) is 1. The van der Waals surface area contributed by atoms with Crippen LogP contribution in [0, 0.1) is 12.3 Å². The second-order valence-electron chi connectivity index (χ2n) is 9.36. The third-order valence-electron chi connectivity index (χ3n) is 5.84. The molecule has 176 valence electrons. The SMILES string of the molecule is Cc1ncsc1-c1ccc([C@H](C)NC(=O)[C@@H]2C[C@@H](O)CN2C(=O)C(N)C(C)(C)C)cc1.Cl. The van der Waals surface area contributed by atoms with Gasteiger partial charge in [-0.3, -0.25) is 9.59 Å². The maximum Gasteiger partial charge on any atom is 0.243 e. The van der Waals surface area contributed by atoms with Crippen molar-refractivity contribution in [3.63, 3.8) is 0 Å². The number of halogens is 1. The van der Waals surface area contributed by atoms with Crippen molar-refractivity contribution in [3.8, 4) is 10.4 Å². The van der Waals surface area contributed by atoms with Gasteiger partial charge in [-0.05, 0) is 30.4 Å². The Hall–Kier alpha value is -2.00. The molecule has 1 aromatic heterocycles. The molecule has 0 saturated carbocycles. The molecule has 1 saturated heterocycles. The highest BCUT2D eigenvalue weighted by Crippen LogP contribution is 2.29. The number of benzene rings is 1. The normalized spacial score (nSPS) is 20.4. The lowest BCUT2D eigenvalue weighted by Crippen LogP contribution is -2.55. The molecule has 1 unspecified atom stereocenters. The summed E-state index contributed by atoms with van der Waals surface area (Å²) >= 11 is 1.60. The van der Waals surface area contributed by atoms with E-state index in [0.717, 1.165) is 21.7 Å². The maximum atomic E-state index is 13.0. The largest absolute Gasteiger partial charge is 0.391 e. The number of amides is 2. The van der Waals surface area contributed by atoms with Crippen LogP contribution in [0.25, 0.3) is 10.4 Å². The number of aliphatic hydroxyl groups is 1. The van der Waals surface area contributed by atoms with Crippen LogP contribution in [0.1, 0.15) is 51.4 Å². The fourth-order valence-electron chi connectivity index (χ4n) is 3.75. The molecule has 4 atom stereocenters. The molecule has 9 heteroatoms. The van der Waals surface area contributed by atoms with Crippen LogP contribution in [0.3, 0.4) is 0 Å². The number of aromatic nitrogens is 1. The molecule has 3 rings (SSSR count). The van der Waals surface area contributed by atoms with E-state index in [9.17, 15) is 14.7 Å². The van der Waals surface area contributed by atoms with E-state index in [-0.39, 0.29) is 43.2 Å². The van der Waals surface area contributed by atoms with Crippen molar-refractivity contribution in [2.24, 2.45) is 11.1 Å². The van der Waals surface area contributed by atoms with Crippen molar-refractivity contribution in [2.45, 2.75) is 65.3 Å². The Labute approximate surface area is 199 Å². The van der Waals surface area contributed by atoms with Gasteiger partial charge in [0.2, 0.25) is 11.8 Å². The molecule has 0 bridgehead atoms. The van der Waals surface area contributed by atoms with Crippen molar-refractivity contribution in [3.05, 3.63) is 41.0 Å². The molecule has 0 radical (unpaired) electrons. The highest BCUT2D eigenvalue weighted by atomic mass is 35.5. The van der Waals surface area contributed by atoms with E-state index in [1.165, 1.54) is 4.90 Å². The van der Waals surface area contributed by atoms with E-state index >= 15 is 0 Å². The van der Waals surface area contributed by atoms with Gasteiger partial charge in [0.15, 0.2) is 0 Å². The lowest BCUT2D eigenvalue weighted by molar-refractivity contribution is -0.141. The molecule has 1 aliphatic heterocycles. The minimum absolute atomic E-state index is 0. The molecule has 0 aliphatic carbocycles. The molecule has 4 N–H and O–H groups in total. The minimum atomic E-state index is -0.742. The average Bonchev–Trinajstić information content (AvgIpc) is 3.31. The molecular weight excluding hydrogens is 448 g/mol. The minimum Gasteiger partial charge on any atom is -0.391 e. The predicted octanol–water partition coefficient (Wildman–Crippen LogP) is 3.05. The van der Waals surface area contributed by atoms with Gasteiger partial charge in [0, 0.05) is 13.0 Å². The number of hydrogen-bond donors (Lipinski definition) is 3. The fraction of sp³-hybridized carbons (Fsp3) is 0.522. The van der Waals surface area contributed by atoms with Gasteiger partial charge in [-0.1, -0.05) is 45.0 Å². The number of rotatable bonds is 5. The number of likely N-dealkylation sites (tertiary alicyclic amines) is 1. The van der Waals surface area contributed by atoms with E-state index in [1.807, 2.05) is 64.4 Å². The smallest absolute Gasteiger partial charge is 0.243 e. The number of β-amino-alcohol motifs (C(OH)–C–C–N with tert-alkyl or cyclic N) is 1. The van der Waals surface area contributed by atoms with Crippen LogP contribution in [0.5, 0.6) is 0 Å². The van der Waals surface area contributed by atoms with E-state index in [1.54, 1.807) is 11.3 Å². The van der Waals surface area contributed by atoms with Crippen LogP contribution < -0.4 is 11.1 Å². The zero-order valence-corrected chi connectivity index (χ0v) is 20.8. The summed E-state index contributed by atoms with van der Waals surface area (Å²) in [5.41, 5.74) is 10.6. The molecule has 1 aliphatic rings. The van der Waals surface area contributed by atoms with Crippen LogP contribution in [0.4, 0.5) is 0 Å². The van der Waals surface area contributed by atoms with Gasteiger partial charge in [-0.15, -0.1) is 23.7 Å². The van der Waals surface area contributed by atoms with E-state index in [4.69, 9.17) is 5.73 Å². The van der Waals surface area contributed by atoms with Crippen LogP contribution in [0.2, 0.25) is 0 Å². The number of carbonyl (C=O) groups excluding carboxylic acids is 2. The van der Waals surface area contributed by atoms with Gasteiger partial charge in [-0.2, -0.15) is 0 Å². The molecule has 1 aromatic carbocycles. The summed E-state index contributed by atoms with van der Waals surface area (Å²) in [6, 6.07) is 6.32. The van der Waals surface area contributed by atoms with Gasteiger partial charge in [0.05, 0.1) is 34.3 Å². The van der Waals surface area contributed by atoms with E-state index in [0.29, 0.717) is 0 Å². The molecule has 1 fully saturated rings. The number of aliphatic hydroxyl groups excluding tert-OH is 1. The van der Waals surface area contributed by atoms with Crippen LogP contribution in [0.15, 0.2) is 29.8 Å². The van der Waals surface area contributed by atoms with Crippen molar-refractivity contribution in [1.29, 1.82) is 0 Å². The zero-order valence-electron chi connectivity index (χ0n) is 19.2.